The first-order valence-electron chi connectivity index (χ1n) is 5.91. The molecule has 0 aliphatic rings. The van der Waals surface area contributed by atoms with E-state index in [1.54, 1.807) is 0 Å². The Labute approximate surface area is 112 Å². The minimum absolute atomic E-state index is 0.787. The summed E-state index contributed by atoms with van der Waals surface area (Å²) >= 11 is 1.85. The second kappa shape index (κ2) is 6.28. The summed E-state index contributed by atoms with van der Waals surface area (Å²) in [6.07, 6.45) is 0. The largest absolute Gasteiger partial charge is 0.192 e. The third-order valence-corrected chi connectivity index (χ3v) is 3.94. The van der Waals surface area contributed by atoms with E-state index < -0.39 is 0 Å². The number of nitriles is 1. The van der Waals surface area contributed by atoms with Crippen LogP contribution in [0.3, 0.4) is 0 Å². The molecular formula is C16H15NS. The van der Waals surface area contributed by atoms with Gasteiger partial charge in [-0.15, -0.1) is 0 Å². The molecule has 0 spiro atoms. The average Bonchev–Trinajstić information content (AvgIpc) is 2.41. The molecule has 2 heteroatoms. The molecule has 18 heavy (non-hydrogen) atoms. The highest BCUT2D eigenvalue weighted by Crippen LogP contribution is 2.21. The summed E-state index contributed by atoms with van der Waals surface area (Å²) in [5.74, 6) is 1.88. The van der Waals surface area contributed by atoms with Crippen molar-refractivity contribution in [3.63, 3.8) is 0 Å². The molecule has 0 aliphatic carbocycles. The van der Waals surface area contributed by atoms with E-state index in [2.05, 4.69) is 37.3 Å². The fourth-order valence-electron chi connectivity index (χ4n) is 1.80. The van der Waals surface area contributed by atoms with E-state index in [1.807, 2.05) is 36.0 Å². The van der Waals surface area contributed by atoms with Gasteiger partial charge < -0.3 is 0 Å². The maximum atomic E-state index is 9.02. The lowest BCUT2D eigenvalue weighted by atomic mass is 10.1. The smallest absolute Gasteiger partial charge is 0.0994 e. The van der Waals surface area contributed by atoms with Crippen molar-refractivity contribution in [1.29, 1.82) is 5.26 Å². The van der Waals surface area contributed by atoms with Crippen LogP contribution >= 0.6 is 11.8 Å². The van der Waals surface area contributed by atoms with E-state index in [9.17, 15) is 0 Å². The lowest BCUT2D eigenvalue weighted by molar-refractivity contribution is 1.29. The van der Waals surface area contributed by atoms with Crippen molar-refractivity contribution in [3.8, 4) is 6.07 Å². The summed E-state index contributed by atoms with van der Waals surface area (Å²) in [6.45, 7) is 2.14. The van der Waals surface area contributed by atoms with Crippen molar-refractivity contribution in [1.82, 2.24) is 0 Å². The number of rotatable bonds is 4. The predicted octanol–water partition coefficient (Wildman–Crippen LogP) is 4.30. The molecule has 0 unspecified atom stereocenters. The van der Waals surface area contributed by atoms with Crippen molar-refractivity contribution in [2.45, 2.75) is 18.4 Å². The number of hydrogen-bond acceptors (Lipinski definition) is 2. The summed E-state index contributed by atoms with van der Waals surface area (Å²) in [5.41, 5.74) is 4.61. The molecule has 2 rings (SSSR count). The molecular weight excluding hydrogens is 238 g/mol. The molecule has 90 valence electrons. The maximum absolute atomic E-state index is 9.02. The van der Waals surface area contributed by atoms with Crippen LogP contribution in [0.2, 0.25) is 0 Å². The molecule has 0 aromatic heterocycles. The van der Waals surface area contributed by atoms with Gasteiger partial charge in [0.1, 0.15) is 0 Å². The number of thioether (sulfide) groups is 1. The zero-order valence-electron chi connectivity index (χ0n) is 10.4. The molecule has 1 nitrogen and oxygen atoms in total. The van der Waals surface area contributed by atoms with Crippen LogP contribution in [0.15, 0.2) is 48.5 Å². The first-order valence-corrected chi connectivity index (χ1v) is 7.07. The van der Waals surface area contributed by atoms with Gasteiger partial charge in [0.15, 0.2) is 0 Å². The van der Waals surface area contributed by atoms with Crippen LogP contribution in [0.1, 0.15) is 22.3 Å². The number of benzene rings is 2. The standard InChI is InChI=1S/C16H15NS/c1-13-6-2-3-8-15(13)11-18-12-16-9-5-4-7-14(16)10-17/h2-9H,11-12H2,1H3. The zero-order valence-corrected chi connectivity index (χ0v) is 11.2. The summed E-state index contributed by atoms with van der Waals surface area (Å²) < 4.78 is 0. The molecule has 2 aromatic carbocycles. The summed E-state index contributed by atoms with van der Waals surface area (Å²) in [4.78, 5) is 0. The van der Waals surface area contributed by atoms with Crippen molar-refractivity contribution < 1.29 is 0 Å². The van der Waals surface area contributed by atoms with Gasteiger partial charge in [-0.25, -0.2) is 0 Å². The quantitative estimate of drug-likeness (QED) is 0.811. The van der Waals surface area contributed by atoms with Crippen LogP contribution in [0.25, 0.3) is 0 Å². The monoisotopic (exact) mass is 253 g/mol. The normalized spacial score (nSPS) is 10.0. The van der Waals surface area contributed by atoms with Crippen LogP contribution in [-0.2, 0) is 11.5 Å². The van der Waals surface area contributed by atoms with Gasteiger partial charge in [0.05, 0.1) is 11.6 Å². The lowest BCUT2D eigenvalue weighted by Crippen LogP contribution is -1.89. The van der Waals surface area contributed by atoms with Gasteiger partial charge in [-0.3, -0.25) is 0 Å². The second-order valence-electron chi connectivity index (χ2n) is 4.19. The Balaban J connectivity index is 1.97. The molecule has 0 fully saturated rings. The maximum Gasteiger partial charge on any atom is 0.0994 e. The SMILES string of the molecule is Cc1ccccc1CSCc1ccccc1C#N. The van der Waals surface area contributed by atoms with Crippen LogP contribution in [0.4, 0.5) is 0 Å². The Bertz CT molecular complexity index is 569. The molecule has 0 radical (unpaired) electrons. The van der Waals surface area contributed by atoms with E-state index in [1.165, 1.54) is 11.1 Å². The Morgan fingerprint density at radius 2 is 1.56 bits per heavy atom. The van der Waals surface area contributed by atoms with Crippen molar-refractivity contribution >= 4 is 11.8 Å². The van der Waals surface area contributed by atoms with Crippen molar-refractivity contribution in [2.24, 2.45) is 0 Å². The molecule has 0 saturated carbocycles. The molecule has 0 heterocycles. The Hall–Kier alpha value is -1.72. The molecule has 0 amide bonds. The van der Waals surface area contributed by atoms with E-state index in [-0.39, 0.29) is 0 Å². The molecule has 0 saturated heterocycles. The predicted molar refractivity (Wildman–Crippen MR) is 77.3 cm³/mol. The van der Waals surface area contributed by atoms with E-state index in [4.69, 9.17) is 5.26 Å². The van der Waals surface area contributed by atoms with Crippen molar-refractivity contribution in [2.75, 3.05) is 0 Å². The van der Waals surface area contributed by atoms with Crippen LogP contribution in [0.5, 0.6) is 0 Å². The van der Waals surface area contributed by atoms with Gasteiger partial charge in [-0.05, 0) is 29.7 Å². The fraction of sp³-hybridized carbons (Fsp3) is 0.188. The third-order valence-electron chi connectivity index (χ3n) is 2.91. The van der Waals surface area contributed by atoms with Crippen LogP contribution in [0, 0.1) is 18.3 Å². The molecule has 0 atom stereocenters. The average molecular weight is 253 g/mol. The van der Waals surface area contributed by atoms with E-state index in [0.717, 1.165) is 22.6 Å². The summed E-state index contributed by atoms with van der Waals surface area (Å²) in [6, 6.07) is 18.5. The number of aryl methyl sites for hydroxylation is 1. The fourth-order valence-corrected chi connectivity index (χ4v) is 2.92. The summed E-state index contributed by atoms with van der Waals surface area (Å²) in [5, 5.41) is 9.02. The van der Waals surface area contributed by atoms with Crippen LogP contribution in [-0.4, -0.2) is 0 Å². The highest BCUT2D eigenvalue weighted by molar-refractivity contribution is 7.97. The molecule has 0 bridgehead atoms. The van der Waals surface area contributed by atoms with Gasteiger partial charge in [0.2, 0.25) is 0 Å². The molecule has 2 aromatic rings. The number of nitrogens with zero attached hydrogens (tertiary/aromatic N) is 1. The minimum Gasteiger partial charge on any atom is -0.192 e. The summed E-state index contributed by atoms with van der Waals surface area (Å²) in [7, 11) is 0. The zero-order chi connectivity index (χ0) is 12.8. The van der Waals surface area contributed by atoms with Gasteiger partial charge in [0.25, 0.3) is 0 Å². The van der Waals surface area contributed by atoms with Gasteiger partial charge >= 0.3 is 0 Å². The third kappa shape index (κ3) is 3.15. The highest BCUT2D eigenvalue weighted by Gasteiger charge is 2.02. The van der Waals surface area contributed by atoms with Crippen molar-refractivity contribution in [3.05, 3.63) is 70.8 Å². The Kier molecular flexibility index (Phi) is 4.44. The first-order chi connectivity index (χ1) is 8.81. The Morgan fingerprint density at radius 3 is 2.28 bits per heavy atom. The topological polar surface area (TPSA) is 23.8 Å². The molecule has 0 N–H and O–H groups in total. The van der Waals surface area contributed by atoms with E-state index >= 15 is 0 Å². The first kappa shape index (κ1) is 12.7. The minimum atomic E-state index is 0.787. The van der Waals surface area contributed by atoms with Gasteiger partial charge in [-0.1, -0.05) is 42.5 Å². The molecule has 0 aliphatic heterocycles. The van der Waals surface area contributed by atoms with Gasteiger partial charge in [0, 0.05) is 11.5 Å². The lowest BCUT2D eigenvalue weighted by Gasteiger charge is -2.06. The Morgan fingerprint density at radius 1 is 0.944 bits per heavy atom. The highest BCUT2D eigenvalue weighted by atomic mass is 32.2. The van der Waals surface area contributed by atoms with Gasteiger partial charge in [-0.2, -0.15) is 17.0 Å². The number of hydrogen-bond donors (Lipinski definition) is 0. The van der Waals surface area contributed by atoms with Crippen LogP contribution < -0.4 is 0 Å². The second-order valence-corrected chi connectivity index (χ2v) is 5.17. The van der Waals surface area contributed by atoms with E-state index in [0.29, 0.717) is 0 Å².